The van der Waals surface area contributed by atoms with Crippen molar-refractivity contribution in [3.8, 4) is 0 Å². The summed E-state index contributed by atoms with van der Waals surface area (Å²) in [6.07, 6.45) is 4.95. The van der Waals surface area contributed by atoms with Crippen LogP contribution in [0, 0.1) is 0 Å². The third-order valence-electron chi connectivity index (χ3n) is 1.58. The standard InChI is InChI=1S/C7H8BrN3/c1-5(10-11-9)6-3-2-4-7(6)8/h2-3,5H,4H2,1H3/t5-/m0/s1. The summed E-state index contributed by atoms with van der Waals surface area (Å²) in [4.78, 5) is 2.75. The Morgan fingerprint density at radius 3 is 3.00 bits per heavy atom. The van der Waals surface area contributed by atoms with E-state index in [1.807, 2.05) is 19.1 Å². The van der Waals surface area contributed by atoms with Crippen LogP contribution in [0.3, 0.4) is 0 Å². The smallest absolute Gasteiger partial charge is 0.0604 e. The Morgan fingerprint density at radius 1 is 1.82 bits per heavy atom. The van der Waals surface area contributed by atoms with Crippen LogP contribution in [0.2, 0.25) is 0 Å². The minimum absolute atomic E-state index is 0.0619. The molecule has 0 aromatic heterocycles. The summed E-state index contributed by atoms with van der Waals surface area (Å²) in [5.41, 5.74) is 9.27. The molecule has 0 saturated carbocycles. The van der Waals surface area contributed by atoms with Crippen LogP contribution in [0.1, 0.15) is 13.3 Å². The Morgan fingerprint density at radius 2 is 2.55 bits per heavy atom. The fourth-order valence-corrected chi connectivity index (χ4v) is 1.65. The van der Waals surface area contributed by atoms with E-state index in [9.17, 15) is 0 Å². The second-order valence-corrected chi connectivity index (χ2v) is 3.30. The lowest BCUT2D eigenvalue weighted by Crippen LogP contribution is -1.98. The molecule has 1 aliphatic carbocycles. The molecule has 1 rings (SSSR count). The molecule has 0 N–H and O–H groups in total. The topological polar surface area (TPSA) is 48.8 Å². The van der Waals surface area contributed by atoms with E-state index in [-0.39, 0.29) is 6.04 Å². The van der Waals surface area contributed by atoms with Gasteiger partial charge in [-0.1, -0.05) is 40.1 Å². The minimum Gasteiger partial charge on any atom is -0.0862 e. The van der Waals surface area contributed by atoms with Crippen LogP contribution in [0.4, 0.5) is 0 Å². The van der Waals surface area contributed by atoms with Crippen molar-refractivity contribution in [1.29, 1.82) is 0 Å². The molecule has 1 aliphatic rings. The number of azide groups is 1. The summed E-state index contributed by atoms with van der Waals surface area (Å²) in [5, 5.41) is 3.60. The zero-order valence-corrected chi connectivity index (χ0v) is 7.74. The normalized spacial score (nSPS) is 18.4. The molecule has 0 saturated heterocycles. The maximum Gasteiger partial charge on any atom is 0.0604 e. The molecule has 0 aliphatic heterocycles. The van der Waals surface area contributed by atoms with E-state index in [2.05, 4.69) is 26.0 Å². The highest BCUT2D eigenvalue weighted by atomic mass is 79.9. The molecule has 58 valence electrons. The first-order chi connectivity index (χ1) is 5.25. The van der Waals surface area contributed by atoms with Crippen LogP contribution < -0.4 is 0 Å². The van der Waals surface area contributed by atoms with Gasteiger partial charge in [-0.05, 0) is 17.5 Å². The molecule has 11 heavy (non-hydrogen) atoms. The van der Waals surface area contributed by atoms with Gasteiger partial charge in [0.05, 0.1) is 6.04 Å². The summed E-state index contributed by atoms with van der Waals surface area (Å²) in [7, 11) is 0. The molecule has 0 heterocycles. The summed E-state index contributed by atoms with van der Waals surface area (Å²) in [6, 6.07) is -0.0619. The summed E-state index contributed by atoms with van der Waals surface area (Å²) in [5.74, 6) is 0. The molecule has 0 bridgehead atoms. The van der Waals surface area contributed by atoms with Crippen molar-refractivity contribution in [2.24, 2.45) is 5.11 Å². The highest BCUT2D eigenvalue weighted by molar-refractivity contribution is 9.11. The number of nitrogens with zero attached hydrogens (tertiary/aromatic N) is 3. The van der Waals surface area contributed by atoms with Crippen molar-refractivity contribution >= 4 is 15.9 Å². The third kappa shape index (κ3) is 1.85. The van der Waals surface area contributed by atoms with E-state index in [4.69, 9.17) is 5.53 Å². The highest BCUT2D eigenvalue weighted by Gasteiger charge is 2.11. The van der Waals surface area contributed by atoms with E-state index < -0.39 is 0 Å². The summed E-state index contributed by atoms with van der Waals surface area (Å²) >= 11 is 3.41. The third-order valence-corrected chi connectivity index (χ3v) is 2.36. The Kier molecular flexibility index (Phi) is 2.74. The highest BCUT2D eigenvalue weighted by Crippen LogP contribution is 2.27. The predicted molar refractivity (Wildman–Crippen MR) is 48.3 cm³/mol. The van der Waals surface area contributed by atoms with Gasteiger partial charge in [0.2, 0.25) is 0 Å². The lowest BCUT2D eigenvalue weighted by molar-refractivity contribution is 0.872. The average molecular weight is 214 g/mol. The van der Waals surface area contributed by atoms with Crippen molar-refractivity contribution in [3.05, 3.63) is 32.7 Å². The van der Waals surface area contributed by atoms with Gasteiger partial charge in [-0.2, -0.15) is 0 Å². The van der Waals surface area contributed by atoms with Gasteiger partial charge in [-0.25, -0.2) is 0 Å². The first-order valence-corrected chi connectivity index (χ1v) is 4.14. The molecule has 0 amide bonds. The fraction of sp³-hybridized carbons (Fsp3) is 0.429. The van der Waals surface area contributed by atoms with E-state index in [0.717, 1.165) is 16.5 Å². The summed E-state index contributed by atoms with van der Waals surface area (Å²) < 4.78 is 1.12. The second-order valence-electron chi connectivity index (χ2n) is 2.35. The molecule has 3 nitrogen and oxygen atoms in total. The fourth-order valence-electron chi connectivity index (χ4n) is 1.00. The largest absolute Gasteiger partial charge is 0.0862 e. The van der Waals surface area contributed by atoms with Gasteiger partial charge in [0.1, 0.15) is 0 Å². The molecular formula is C7H8BrN3. The zero-order chi connectivity index (χ0) is 8.27. The van der Waals surface area contributed by atoms with Crippen molar-refractivity contribution < 1.29 is 0 Å². The van der Waals surface area contributed by atoms with Gasteiger partial charge >= 0.3 is 0 Å². The summed E-state index contributed by atoms with van der Waals surface area (Å²) in [6.45, 7) is 1.88. The minimum atomic E-state index is -0.0619. The predicted octanol–water partition coefficient (Wildman–Crippen LogP) is 3.29. The molecule has 4 heteroatoms. The van der Waals surface area contributed by atoms with Crippen molar-refractivity contribution in [2.75, 3.05) is 0 Å². The molecule has 0 spiro atoms. The Balaban J connectivity index is 2.81. The molecule has 0 unspecified atom stereocenters. The molecule has 0 aromatic carbocycles. The number of hydrogen-bond donors (Lipinski definition) is 0. The lowest BCUT2D eigenvalue weighted by atomic mass is 10.1. The van der Waals surface area contributed by atoms with E-state index in [0.29, 0.717) is 0 Å². The number of allylic oxidation sites excluding steroid dienone is 2. The maximum absolute atomic E-state index is 8.18. The van der Waals surface area contributed by atoms with Crippen LogP contribution in [0.5, 0.6) is 0 Å². The maximum atomic E-state index is 8.18. The quantitative estimate of drug-likeness (QED) is 0.384. The van der Waals surface area contributed by atoms with E-state index in [1.165, 1.54) is 0 Å². The van der Waals surface area contributed by atoms with Crippen LogP contribution >= 0.6 is 15.9 Å². The van der Waals surface area contributed by atoms with Gasteiger partial charge in [0.15, 0.2) is 0 Å². The van der Waals surface area contributed by atoms with Crippen molar-refractivity contribution in [3.63, 3.8) is 0 Å². The van der Waals surface area contributed by atoms with Crippen molar-refractivity contribution in [1.82, 2.24) is 0 Å². The SMILES string of the molecule is C[C@H](N=[N+]=[N-])C1=C(Br)CC=C1. The van der Waals surface area contributed by atoms with Gasteiger partial charge in [-0.15, -0.1) is 0 Å². The number of halogens is 1. The Labute approximate surface area is 73.5 Å². The molecule has 0 radical (unpaired) electrons. The van der Waals surface area contributed by atoms with Crippen LogP contribution in [0.15, 0.2) is 27.3 Å². The van der Waals surface area contributed by atoms with Gasteiger partial charge in [0, 0.05) is 9.39 Å². The first kappa shape index (κ1) is 8.37. The zero-order valence-electron chi connectivity index (χ0n) is 6.16. The van der Waals surface area contributed by atoms with Gasteiger partial charge < -0.3 is 0 Å². The molecular weight excluding hydrogens is 206 g/mol. The van der Waals surface area contributed by atoms with Crippen LogP contribution in [-0.4, -0.2) is 6.04 Å². The monoisotopic (exact) mass is 213 g/mol. The van der Waals surface area contributed by atoms with Crippen molar-refractivity contribution in [2.45, 2.75) is 19.4 Å². The first-order valence-electron chi connectivity index (χ1n) is 3.35. The van der Waals surface area contributed by atoms with Crippen LogP contribution in [0.25, 0.3) is 10.4 Å². The van der Waals surface area contributed by atoms with Gasteiger partial charge in [0.25, 0.3) is 0 Å². The average Bonchev–Trinajstić information content (AvgIpc) is 2.36. The number of hydrogen-bond acceptors (Lipinski definition) is 1. The number of rotatable bonds is 2. The van der Waals surface area contributed by atoms with Gasteiger partial charge in [-0.3, -0.25) is 0 Å². The Hall–Kier alpha value is -0.730. The molecule has 1 atom stereocenters. The molecule has 0 aromatic rings. The lowest BCUT2D eigenvalue weighted by Gasteiger charge is -2.03. The van der Waals surface area contributed by atoms with Crippen LogP contribution in [-0.2, 0) is 0 Å². The van der Waals surface area contributed by atoms with E-state index >= 15 is 0 Å². The van der Waals surface area contributed by atoms with E-state index in [1.54, 1.807) is 0 Å². The Bertz CT molecular complexity index is 261. The molecule has 0 fully saturated rings. The second kappa shape index (κ2) is 3.60.